The van der Waals surface area contributed by atoms with Crippen LogP contribution in [0.15, 0.2) is 40.7 Å². The number of thiophene rings is 1. The van der Waals surface area contributed by atoms with Crippen molar-refractivity contribution in [1.29, 1.82) is 0 Å². The molecule has 7 nitrogen and oxygen atoms in total. The standard InChI is InChI=1S/C21H19ClF3N5O2S2/c1-34(31,32)14-6-18(33-10-14)19-15(21(23,24)25)7-26-20(29-19)28-17-3-2-13(5-16(17)22)30-8-11-4-12(9-30)27-11/h2-3,5-7,10-12,27H,4,8-9H2,1H3,(H,26,28,29). The van der Waals surface area contributed by atoms with E-state index in [1.165, 1.54) is 17.9 Å². The smallest absolute Gasteiger partial charge is 0.368 e. The third-order valence-electron chi connectivity index (χ3n) is 5.82. The number of sulfone groups is 1. The summed E-state index contributed by atoms with van der Waals surface area (Å²) in [7, 11) is -3.57. The van der Waals surface area contributed by atoms with Crippen LogP contribution >= 0.6 is 22.9 Å². The Morgan fingerprint density at radius 3 is 2.53 bits per heavy atom. The number of alkyl halides is 3. The average Bonchev–Trinajstić information content (AvgIpc) is 3.25. The van der Waals surface area contributed by atoms with Gasteiger partial charge in [0, 0.05) is 48.7 Å². The molecule has 2 unspecified atom stereocenters. The number of nitrogens with one attached hydrogen (secondary N) is 2. The molecule has 13 heteroatoms. The van der Waals surface area contributed by atoms with E-state index in [2.05, 4.69) is 25.5 Å². The zero-order valence-corrected chi connectivity index (χ0v) is 20.1. The second kappa shape index (κ2) is 8.36. The molecule has 3 aromatic rings. The van der Waals surface area contributed by atoms with E-state index in [1.807, 2.05) is 6.07 Å². The van der Waals surface area contributed by atoms with Gasteiger partial charge in [0.2, 0.25) is 5.95 Å². The Morgan fingerprint density at radius 1 is 1.24 bits per heavy atom. The van der Waals surface area contributed by atoms with E-state index in [0.717, 1.165) is 36.4 Å². The van der Waals surface area contributed by atoms with Crippen LogP contribution in [0.3, 0.4) is 0 Å². The van der Waals surface area contributed by atoms with Gasteiger partial charge in [0.1, 0.15) is 5.56 Å². The number of hydrogen-bond donors (Lipinski definition) is 2. The lowest BCUT2D eigenvalue weighted by Crippen LogP contribution is -2.67. The Bertz CT molecular complexity index is 1350. The highest BCUT2D eigenvalue weighted by atomic mass is 35.5. The second-order valence-corrected chi connectivity index (χ2v) is 11.7. The predicted octanol–water partition coefficient (Wildman–Crippen LogP) is 4.57. The van der Waals surface area contributed by atoms with Crippen molar-refractivity contribution in [1.82, 2.24) is 15.3 Å². The molecule has 34 heavy (non-hydrogen) atoms. The lowest BCUT2D eigenvalue weighted by Gasteiger charge is -2.49. The minimum Gasteiger partial charge on any atom is -0.368 e. The Labute approximate surface area is 202 Å². The predicted molar refractivity (Wildman–Crippen MR) is 126 cm³/mol. The van der Waals surface area contributed by atoms with Gasteiger partial charge in [-0.3, -0.25) is 0 Å². The molecule has 2 aromatic heterocycles. The van der Waals surface area contributed by atoms with E-state index in [-0.39, 0.29) is 15.7 Å². The number of benzene rings is 1. The van der Waals surface area contributed by atoms with Gasteiger partial charge in [0.05, 0.1) is 26.2 Å². The fraction of sp³-hybridized carbons (Fsp3) is 0.333. The minimum absolute atomic E-state index is 0.0666. The molecule has 6 rings (SSSR count). The molecule has 3 saturated heterocycles. The molecule has 2 bridgehead atoms. The molecule has 0 amide bonds. The third-order valence-corrected chi connectivity index (χ3v) is 8.31. The van der Waals surface area contributed by atoms with E-state index in [4.69, 9.17) is 11.6 Å². The van der Waals surface area contributed by atoms with Gasteiger partial charge in [-0.25, -0.2) is 18.4 Å². The summed E-state index contributed by atoms with van der Waals surface area (Å²) < 4.78 is 64.4. The number of nitrogens with zero attached hydrogens (tertiary/aromatic N) is 3. The molecule has 3 aliphatic rings. The van der Waals surface area contributed by atoms with E-state index in [9.17, 15) is 21.6 Å². The molecule has 0 radical (unpaired) electrons. The van der Waals surface area contributed by atoms with Gasteiger partial charge in [0.15, 0.2) is 9.84 Å². The van der Waals surface area contributed by atoms with Crippen molar-refractivity contribution in [2.45, 2.75) is 29.6 Å². The van der Waals surface area contributed by atoms with Crippen molar-refractivity contribution in [3.8, 4) is 10.6 Å². The maximum absolute atomic E-state index is 13.6. The molecule has 3 fully saturated rings. The molecule has 3 aliphatic heterocycles. The fourth-order valence-corrected chi connectivity index (χ4v) is 6.37. The van der Waals surface area contributed by atoms with Crippen LogP contribution < -0.4 is 15.5 Å². The minimum atomic E-state index is -4.72. The van der Waals surface area contributed by atoms with Crippen molar-refractivity contribution in [2.75, 3.05) is 29.6 Å². The molecule has 0 spiro atoms. The van der Waals surface area contributed by atoms with Gasteiger partial charge in [-0.1, -0.05) is 11.6 Å². The highest BCUT2D eigenvalue weighted by Gasteiger charge is 2.37. The van der Waals surface area contributed by atoms with Crippen molar-refractivity contribution in [3.63, 3.8) is 0 Å². The van der Waals surface area contributed by atoms with Crippen LogP contribution in [0.1, 0.15) is 12.0 Å². The van der Waals surface area contributed by atoms with Gasteiger partial charge < -0.3 is 15.5 Å². The number of piperidine rings is 1. The average molecular weight is 530 g/mol. The molecular weight excluding hydrogens is 511 g/mol. The highest BCUT2D eigenvalue weighted by molar-refractivity contribution is 7.90. The summed E-state index contributed by atoms with van der Waals surface area (Å²) in [5.74, 6) is -0.0876. The maximum atomic E-state index is 13.6. The van der Waals surface area contributed by atoms with Gasteiger partial charge in [-0.2, -0.15) is 13.2 Å². The fourth-order valence-electron chi connectivity index (χ4n) is 4.12. The first-order valence-corrected chi connectivity index (χ1v) is 13.4. The van der Waals surface area contributed by atoms with E-state index < -0.39 is 27.3 Å². The lowest BCUT2D eigenvalue weighted by molar-refractivity contribution is -0.137. The first-order valence-electron chi connectivity index (χ1n) is 10.3. The molecule has 1 aromatic carbocycles. The Hall–Kier alpha value is -2.41. The van der Waals surface area contributed by atoms with Crippen LogP contribution in [0.25, 0.3) is 10.6 Å². The second-order valence-electron chi connectivity index (χ2n) is 8.36. The van der Waals surface area contributed by atoms with Crippen molar-refractivity contribution < 1.29 is 21.6 Å². The number of halogens is 4. The zero-order chi connectivity index (χ0) is 24.3. The van der Waals surface area contributed by atoms with Crippen LogP contribution in [0.2, 0.25) is 5.02 Å². The molecular formula is C21H19ClF3N5O2S2. The summed E-state index contributed by atoms with van der Waals surface area (Å²) in [5, 5.41) is 8.01. The van der Waals surface area contributed by atoms with Gasteiger partial charge >= 0.3 is 6.18 Å². The lowest BCUT2D eigenvalue weighted by atomic mass is 9.91. The van der Waals surface area contributed by atoms with Crippen LogP contribution in [0.5, 0.6) is 0 Å². The number of anilines is 3. The monoisotopic (exact) mass is 529 g/mol. The SMILES string of the molecule is CS(=O)(=O)c1csc(-c2nc(Nc3ccc(N4CC5CC(C4)N5)cc3Cl)ncc2C(F)(F)F)c1. The third kappa shape index (κ3) is 4.59. The number of aromatic nitrogens is 2. The number of piperazine rings is 1. The summed E-state index contributed by atoms with van der Waals surface area (Å²) in [6.45, 7) is 1.78. The van der Waals surface area contributed by atoms with Crippen LogP contribution in [0.4, 0.5) is 30.5 Å². The van der Waals surface area contributed by atoms with Crippen LogP contribution in [-0.2, 0) is 16.0 Å². The summed E-state index contributed by atoms with van der Waals surface area (Å²) in [4.78, 5) is 10.1. The normalized spacial score (nSPS) is 20.2. The molecule has 2 N–H and O–H groups in total. The largest absolute Gasteiger partial charge is 0.420 e. The van der Waals surface area contributed by atoms with Crippen molar-refractivity contribution >= 4 is 50.1 Å². The van der Waals surface area contributed by atoms with Gasteiger partial charge in [-0.05, 0) is 30.7 Å². The maximum Gasteiger partial charge on any atom is 0.420 e. The van der Waals surface area contributed by atoms with Crippen molar-refractivity contribution in [2.24, 2.45) is 0 Å². The van der Waals surface area contributed by atoms with E-state index in [1.54, 1.807) is 12.1 Å². The Morgan fingerprint density at radius 2 is 1.94 bits per heavy atom. The molecule has 2 atom stereocenters. The van der Waals surface area contributed by atoms with Crippen LogP contribution in [-0.4, -0.2) is 49.8 Å². The van der Waals surface area contributed by atoms with E-state index >= 15 is 0 Å². The molecule has 180 valence electrons. The van der Waals surface area contributed by atoms with Gasteiger partial charge in [0.25, 0.3) is 0 Å². The van der Waals surface area contributed by atoms with Crippen LogP contribution in [0, 0.1) is 0 Å². The quantitative estimate of drug-likeness (QED) is 0.500. The summed E-state index contributed by atoms with van der Waals surface area (Å²) in [6, 6.07) is 7.57. The number of rotatable bonds is 5. The summed E-state index contributed by atoms with van der Waals surface area (Å²) >= 11 is 7.32. The Balaban J connectivity index is 1.44. The van der Waals surface area contributed by atoms with Crippen molar-refractivity contribution in [3.05, 3.63) is 46.4 Å². The van der Waals surface area contributed by atoms with Gasteiger partial charge in [-0.15, -0.1) is 11.3 Å². The summed E-state index contributed by atoms with van der Waals surface area (Å²) in [6.07, 6.45) is -1.87. The molecule has 0 aliphatic carbocycles. The first-order chi connectivity index (χ1) is 16.0. The number of hydrogen-bond acceptors (Lipinski definition) is 8. The topological polar surface area (TPSA) is 87.2 Å². The van der Waals surface area contributed by atoms with E-state index in [0.29, 0.717) is 29.0 Å². The number of fused-ring (bicyclic) bond motifs is 2. The molecule has 5 heterocycles. The zero-order valence-electron chi connectivity index (χ0n) is 17.7. The summed E-state index contributed by atoms with van der Waals surface area (Å²) in [5.41, 5.74) is -0.0524. The highest BCUT2D eigenvalue weighted by Crippen LogP contribution is 2.39. The molecule has 0 saturated carbocycles. The Kier molecular flexibility index (Phi) is 5.74. The first kappa shape index (κ1) is 23.3.